The number of aryl methyl sites for hydroxylation is 1. The monoisotopic (exact) mass is 218 g/mol. The molecule has 1 aromatic carbocycles. The quantitative estimate of drug-likeness (QED) is 0.841. The van der Waals surface area contributed by atoms with Crippen LogP contribution in [0.3, 0.4) is 0 Å². The molecule has 0 bridgehead atoms. The van der Waals surface area contributed by atoms with Crippen molar-refractivity contribution in [1.29, 1.82) is 0 Å². The van der Waals surface area contributed by atoms with E-state index in [2.05, 4.69) is 5.10 Å². The van der Waals surface area contributed by atoms with Gasteiger partial charge in [-0.05, 0) is 25.5 Å². The van der Waals surface area contributed by atoms with Gasteiger partial charge in [-0.25, -0.2) is 0 Å². The van der Waals surface area contributed by atoms with E-state index in [1.54, 1.807) is 17.7 Å². The van der Waals surface area contributed by atoms with Crippen molar-refractivity contribution in [3.05, 3.63) is 40.7 Å². The lowest BCUT2D eigenvalue weighted by Gasteiger charge is -2.09. The molecule has 1 N–H and O–H groups in total. The van der Waals surface area contributed by atoms with Crippen LogP contribution in [0.4, 0.5) is 0 Å². The predicted molar refractivity (Wildman–Crippen MR) is 62.3 cm³/mol. The molecular formula is C12H14N2O2. The van der Waals surface area contributed by atoms with Gasteiger partial charge < -0.3 is 5.11 Å². The number of aliphatic hydroxyl groups is 1. The van der Waals surface area contributed by atoms with E-state index in [-0.39, 0.29) is 11.5 Å². The minimum absolute atomic E-state index is 0.0658. The van der Waals surface area contributed by atoms with Gasteiger partial charge in [0.25, 0.3) is 0 Å². The number of hydrogen-bond donors (Lipinski definition) is 1. The number of benzene rings is 1. The molecule has 2 aromatic rings. The van der Waals surface area contributed by atoms with E-state index in [0.29, 0.717) is 18.4 Å². The number of fused-ring (bicyclic) bond motifs is 1. The van der Waals surface area contributed by atoms with Crippen molar-refractivity contribution < 1.29 is 5.11 Å². The van der Waals surface area contributed by atoms with Crippen molar-refractivity contribution in [2.24, 2.45) is 0 Å². The number of aromatic nitrogens is 2. The van der Waals surface area contributed by atoms with Crippen LogP contribution in [0, 0.1) is 0 Å². The van der Waals surface area contributed by atoms with Gasteiger partial charge in [-0.2, -0.15) is 5.10 Å². The largest absolute Gasteiger partial charge is 0.393 e. The Morgan fingerprint density at radius 2 is 2.19 bits per heavy atom. The zero-order chi connectivity index (χ0) is 11.5. The summed E-state index contributed by atoms with van der Waals surface area (Å²) in [6.45, 7) is 2.35. The predicted octanol–water partition coefficient (Wildman–Crippen LogP) is 1.17. The van der Waals surface area contributed by atoms with Gasteiger partial charge in [0.2, 0.25) is 5.43 Å². The number of aliphatic hydroxyl groups excluding tert-OH is 1. The van der Waals surface area contributed by atoms with Crippen LogP contribution in [-0.4, -0.2) is 21.0 Å². The van der Waals surface area contributed by atoms with Gasteiger partial charge in [0.05, 0.1) is 17.8 Å². The molecule has 1 unspecified atom stereocenters. The highest BCUT2D eigenvalue weighted by Gasteiger charge is 2.04. The molecule has 0 fully saturated rings. The molecule has 4 nitrogen and oxygen atoms in total. The van der Waals surface area contributed by atoms with Gasteiger partial charge in [0.1, 0.15) is 0 Å². The van der Waals surface area contributed by atoms with Crippen LogP contribution in [0.25, 0.3) is 10.9 Å². The third kappa shape index (κ3) is 2.12. The second-order valence-electron chi connectivity index (χ2n) is 3.89. The average molecular weight is 218 g/mol. The SMILES string of the molecule is CC(O)CCn1ncc(=O)c2ccccc21. The van der Waals surface area contributed by atoms with E-state index in [9.17, 15) is 9.90 Å². The third-order valence-electron chi connectivity index (χ3n) is 2.52. The summed E-state index contributed by atoms with van der Waals surface area (Å²) < 4.78 is 1.75. The fraction of sp³-hybridized carbons (Fsp3) is 0.333. The maximum Gasteiger partial charge on any atom is 0.207 e. The normalized spacial score (nSPS) is 12.9. The first-order valence-corrected chi connectivity index (χ1v) is 5.31. The van der Waals surface area contributed by atoms with Crippen molar-refractivity contribution in [1.82, 2.24) is 9.78 Å². The highest BCUT2D eigenvalue weighted by Crippen LogP contribution is 2.08. The Kier molecular flexibility index (Phi) is 3.01. The fourth-order valence-electron chi connectivity index (χ4n) is 1.65. The summed E-state index contributed by atoms with van der Waals surface area (Å²) in [5.41, 5.74) is 0.750. The van der Waals surface area contributed by atoms with Crippen molar-refractivity contribution in [2.45, 2.75) is 26.0 Å². The van der Waals surface area contributed by atoms with Crippen LogP contribution in [0.15, 0.2) is 35.3 Å². The Labute approximate surface area is 93.1 Å². The zero-order valence-electron chi connectivity index (χ0n) is 9.13. The Balaban J connectivity index is 2.46. The number of hydrogen-bond acceptors (Lipinski definition) is 3. The molecule has 0 radical (unpaired) electrons. The highest BCUT2D eigenvalue weighted by molar-refractivity contribution is 5.77. The molecule has 4 heteroatoms. The summed E-state index contributed by atoms with van der Waals surface area (Å²) in [6, 6.07) is 7.37. The minimum atomic E-state index is -0.361. The van der Waals surface area contributed by atoms with E-state index in [1.807, 2.05) is 18.2 Å². The first-order chi connectivity index (χ1) is 7.68. The van der Waals surface area contributed by atoms with Crippen LogP contribution in [0.1, 0.15) is 13.3 Å². The summed E-state index contributed by atoms with van der Waals surface area (Å²) in [4.78, 5) is 11.5. The van der Waals surface area contributed by atoms with E-state index in [0.717, 1.165) is 5.52 Å². The molecule has 2 rings (SSSR count). The van der Waals surface area contributed by atoms with Crippen LogP contribution < -0.4 is 5.43 Å². The lowest BCUT2D eigenvalue weighted by atomic mass is 10.2. The number of nitrogens with zero attached hydrogens (tertiary/aromatic N) is 2. The fourth-order valence-corrected chi connectivity index (χ4v) is 1.65. The summed E-state index contributed by atoms with van der Waals surface area (Å²) in [6.07, 6.45) is 1.59. The Morgan fingerprint density at radius 1 is 1.44 bits per heavy atom. The van der Waals surface area contributed by atoms with E-state index in [1.165, 1.54) is 6.20 Å². The van der Waals surface area contributed by atoms with E-state index >= 15 is 0 Å². The van der Waals surface area contributed by atoms with E-state index in [4.69, 9.17) is 0 Å². The Morgan fingerprint density at radius 3 is 2.94 bits per heavy atom. The Bertz CT molecular complexity index is 546. The average Bonchev–Trinajstić information content (AvgIpc) is 2.28. The molecule has 0 amide bonds. The molecule has 16 heavy (non-hydrogen) atoms. The summed E-state index contributed by atoms with van der Waals surface area (Å²) in [5, 5.41) is 14.0. The molecule has 0 spiro atoms. The lowest BCUT2D eigenvalue weighted by molar-refractivity contribution is 0.176. The smallest absolute Gasteiger partial charge is 0.207 e. The van der Waals surface area contributed by atoms with Crippen molar-refractivity contribution in [2.75, 3.05) is 0 Å². The van der Waals surface area contributed by atoms with Gasteiger partial charge in [0.15, 0.2) is 0 Å². The van der Waals surface area contributed by atoms with Crippen molar-refractivity contribution in [3.8, 4) is 0 Å². The molecule has 0 aliphatic heterocycles. The second kappa shape index (κ2) is 4.45. The van der Waals surface area contributed by atoms with Crippen LogP contribution in [0.5, 0.6) is 0 Å². The molecule has 1 atom stereocenters. The molecule has 1 aromatic heterocycles. The molecule has 0 saturated heterocycles. The van der Waals surface area contributed by atoms with Gasteiger partial charge in [0, 0.05) is 11.9 Å². The van der Waals surface area contributed by atoms with Gasteiger partial charge in [-0.1, -0.05) is 12.1 Å². The second-order valence-corrected chi connectivity index (χ2v) is 3.89. The first kappa shape index (κ1) is 10.8. The van der Waals surface area contributed by atoms with Crippen LogP contribution in [0.2, 0.25) is 0 Å². The van der Waals surface area contributed by atoms with Crippen molar-refractivity contribution in [3.63, 3.8) is 0 Å². The maximum absolute atomic E-state index is 11.5. The molecule has 0 aliphatic carbocycles. The summed E-state index contributed by atoms with van der Waals surface area (Å²) in [7, 11) is 0. The van der Waals surface area contributed by atoms with E-state index < -0.39 is 0 Å². The third-order valence-corrected chi connectivity index (χ3v) is 2.52. The summed E-state index contributed by atoms with van der Waals surface area (Å²) in [5.74, 6) is 0. The zero-order valence-corrected chi connectivity index (χ0v) is 9.13. The lowest BCUT2D eigenvalue weighted by Crippen LogP contribution is -2.14. The maximum atomic E-state index is 11.5. The molecule has 0 saturated carbocycles. The standard InChI is InChI=1S/C12H14N2O2/c1-9(15)6-7-14-11-5-3-2-4-10(11)12(16)8-13-14/h2-5,8-9,15H,6-7H2,1H3. The summed E-state index contributed by atoms with van der Waals surface area (Å²) >= 11 is 0. The molecular weight excluding hydrogens is 204 g/mol. The van der Waals surface area contributed by atoms with Crippen LogP contribution >= 0.6 is 0 Å². The van der Waals surface area contributed by atoms with Gasteiger partial charge >= 0.3 is 0 Å². The van der Waals surface area contributed by atoms with Gasteiger partial charge in [-0.15, -0.1) is 0 Å². The number of para-hydroxylation sites is 1. The Hall–Kier alpha value is -1.68. The first-order valence-electron chi connectivity index (χ1n) is 5.31. The molecule has 0 aliphatic rings. The van der Waals surface area contributed by atoms with Gasteiger partial charge in [-0.3, -0.25) is 9.48 Å². The number of rotatable bonds is 3. The van der Waals surface area contributed by atoms with Crippen molar-refractivity contribution >= 4 is 10.9 Å². The topological polar surface area (TPSA) is 55.1 Å². The molecule has 1 heterocycles. The van der Waals surface area contributed by atoms with Crippen LogP contribution in [-0.2, 0) is 6.54 Å². The minimum Gasteiger partial charge on any atom is -0.393 e. The highest BCUT2D eigenvalue weighted by atomic mass is 16.3. The molecule has 84 valence electrons.